The zero-order valence-corrected chi connectivity index (χ0v) is 10.4. The van der Waals surface area contributed by atoms with Crippen LogP contribution in [0.3, 0.4) is 0 Å². The van der Waals surface area contributed by atoms with Crippen LogP contribution in [0.15, 0.2) is 18.2 Å². The molecular weight excluding hydrogens is 223 g/mol. The summed E-state index contributed by atoms with van der Waals surface area (Å²) in [6, 6.07) is 6.38. The number of nitrogens with zero attached hydrogens (tertiary/aromatic N) is 2. The Kier molecular flexibility index (Phi) is 5.30. The van der Waals surface area contributed by atoms with Gasteiger partial charge in [0.05, 0.1) is 11.6 Å². The molecule has 0 saturated heterocycles. The SMILES string of the molecule is CSCCN(C)Cc1cc(F)ccc1C#N. The van der Waals surface area contributed by atoms with Crippen LogP contribution in [0.25, 0.3) is 0 Å². The Labute approximate surface area is 100 Å². The fourth-order valence-corrected chi connectivity index (χ4v) is 1.91. The summed E-state index contributed by atoms with van der Waals surface area (Å²) in [6.07, 6.45) is 2.05. The molecule has 0 aliphatic carbocycles. The van der Waals surface area contributed by atoms with Crippen molar-refractivity contribution < 1.29 is 4.39 Å². The maximum absolute atomic E-state index is 13.1. The first-order valence-corrected chi connectivity index (χ1v) is 6.42. The van der Waals surface area contributed by atoms with Crippen molar-refractivity contribution in [1.29, 1.82) is 5.26 Å². The van der Waals surface area contributed by atoms with E-state index in [1.54, 1.807) is 11.8 Å². The van der Waals surface area contributed by atoms with E-state index in [9.17, 15) is 4.39 Å². The van der Waals surface area contributed by atoms with E-state index in [-0.39, 0.29) is 5.82 Å². The first kappa shape index (κ1) is 13.0. The molecule has 16 heavy (non-hydrogen) atoms. The van der Waals surface area contributed by atoms with E-state index in [0.717, 1.165) is 17.9 Å². The number of rotatable bonds is 5. The predicted molar refractivity (Wildman–Crippen MR) is 65.8 cm³/mol. The summed E-state index contributed by atoms with van der Waals surface area (Å²) in [7, 11) is 1.97. The molecule has 0 aliphatic heterocycles. The zero-order valence-electron chi connectivity index (χ0n) is 9.53. The van der Waals surface area contributed by atoms with Crippen LogP contribution < -0.4 is 0 Å². The largest absolute Gasteiger partial charge is 0.301 e. The van der Waals surface area contributed by atoms with Gasteiger partial charge in [-0.15, -0.1) is 0 Å². The van der Waals surface area contributed by atoms with Crippen molar-refractivity contribution in [2.45, 2.75) is 6.54 Å². The third-order valence-corrected chi connectivity index (χ3v) is 2.90. The lowest BCUT2D eigenvalue weighted by atomic mass is 10.1. The number of halogens is 1. The smallest absolute Gasteiger partial charge is 0.123 e. The molecule has 0 radical (unpaired) electrons. The van der Waals surface area contributed by atoms with Gasteiger partial charge in [0, 0.05) is 18.8 Å². The summed E-state index contributed by atoms with van der Waals surface area (Å²) in [5.41, 5.74) is 1.31. The number of hydrogen-bond acceptors (Lipinski definition) is 3. The molecule has 86 valence electrons. The van der Waals surface area contributed by atoms with Gasteiger partial charge in [-0.1, -0.05) is 0 Å². The van der Waals surface area contributed by atoms with Gasteiger partial charge in [-0.05, 0) is 37.1 Å². The molecule has 1 aromatic carbocycles. The summed E-state index contributed by atoms with van der Waals surface area (Å²) in [5, 5.41) is 8.90. The van der Waals surface area contributed by atoms with Crippen LogP contribution >= 0.6 is 11.8 Å². The number of hydrogen-bond donors (Lipinski definition) is 0. The van der Waals surface area contributed by atoms with Crippen LogP contribution in [0.2, 0.25) is 0 Å². The molecule has 0 amide bonds. The number of nitriles is 1. The number of benzene rings is 1. The highest BCUT2D eigenvalue weighted by molar-refractivity contribution is 7.98. The Hall–Kier alpha value is -1.05. The molecule has 0 saturated carbocycles. The third-order valence-electron chi connectivity index (χ3n) is 2.31. The van der Waals surface area contributed by atoms with E-state index in [2.05, 4.69) is 17.2 Å². The first-order chi connectivity index (χ1) is 7.67. The molecule has 4 heteroatoms. The highest BCUT2D eigenvalue weighted by atomic mass is 32.2. The van der Waals surface area contributed by atoms with Gasteiger partial charge in [-0.25, -0.2) is 4.39 Å². The second kappa shape index (κ2) is 6.51. The highest BCUT2D eigenvalue weighted by Gasteiger charge is 2.06. The van der Waals surface area contributed by atoms with Gasteiger partial charge in [0.15, 0.2) is 0 Å². The topological polar surface area (TPSA) is 27.0 Å². The van der Waals surface area contributed by atoms with Crippen LogP contribution in [-0.4, -0.2) is 30.5 Å². The maximum atomic E-state index is 13.1. The van der Waals surface area contributed by atoms with Gasteiger partial charge in [-0.3, -0.25) is 0 Å². The summed E-state index contributed by atoms with van der Waals surface area (Å²) in [4.78, 5) is 2.09. The second-order valence-electron chi connectivity index (χ2n) is 3.64. The van der Waals surface area contributed by atoms with Crippen molar-refractivity contribution in [3.8, 4) is 6.07 Å². The monoisotopic (exact) mass is 238 g/mol. The number of thioether (sulfide) groups is 1. The van der Waals surface area contributed by atoms with Crippen molar-refractivity contribution in [3.63, 3.8) is 0 Å². The van der Waals surface area contributed by atoms with Gasteiger partial charge in [0.25, 0.3) is 0 Å². The van der Waals surface area contributed by atoms with E-state index >= 15 is 0 Å². The van der Waals surface area contributed by atoms with E-state index in [1.165, 1.54) is 18.2 Å². The molecule has 0 fully saturated rings. The Balaban J connectivity index is 2.72. The lowest BCUT2D eigenvalue weighted by Crippen LogP contribution is -2.21. The minimum atomic E-state index is -0.285. The average molecular weight is 238 g/mol. The van der Waals surface area contributed by atoms with E-state index in [4.69, 9.17) is 5.26 Å². The molecule has 2 nitrogen and oxygen atoms in total. The lowest BCUT2D eigenvalue weighted by Gasteiger charge is -2.16. The molecule has 1 aromatic rings. The fourth-order valence-electron chi connectivity index (χ4n) is 1.42. The zero-order chi connectivity index (χ0) is 12.0. The van der Waals surface area contributed by atoms with Gasteiger partial charge < -0.3 is 4.90 Å². The van der Waals surface area contributed by atoms with Gasteiger partial charge in [0.2, 0.25) is 0 Å². The molecule has 0 N–H and O–H groups in total. The molecule has 0 unspecified atom stereocenters. The Bertz CT molecular complexity index is 387. The van der Waals surface area contributed by atoms with E-state index < -0.39 is 0 Å². The predicted octanol–water partition coefficient (Wildman–Crippen LogP) is 2.49. The summed E-state index contributed by atoms with van der Waals surface area (Å²) < 4.78 is 13.1. The van der Waals surface area contributed by atoms with E-state index in [0.29, 0.717) is 12.1 Å². The van der Waals surface area contributed by atoms with Gasteiger partial charge in [0.1, 0.15) is 5.82 Å². The Morgan fingerprint density at radius 3 is 2.88 bits per heavy atom. The van der Waals surface area contributed by atoms with Crippen LogP contribution in [0.1, 0.15) is 11.1 Å². The summed E-state index contributed by atoms with van der Waals surface area (Å²) in [5.74, 6) is 0.750. The molecule has 0 bridgehead atoms. The van der Waals surface area contributed by atoms with Gasteiger partial charge >= 0.3 is 0 Å². The van der Waals surface area contributed by atoms with Crippen molar-refractivity contribution in [3.05, 3.63) is 35.1 Å². The fraction of sp³-hybridized carbons (Fsp3) is 0.417. The normalized spacial score (nSPS) is 10.4. The standard InChI is InChI=1S/C12H15FN2S/c1-15(5-6-16-2)9-11-7-12(13)4-3-10(11)8-14/h3-4,7H,5-6,9H2,1-2H3. The maximum Gasteiger partial charge on any atom is 0.123 e. The first-order valence-electron chi connectivity index (χ1n) is 5.03. The van der Waals surface area contributed by atoms with Crippen LogP contribution in [-0.2, 0) is 6.54 Å². The van der Waals surface area contributed by atoms with Crippen molar-refractivity contribution in [1.82, 2.24) is 4.90 Å². The molecule has 0 aromatic heterocycles. The van der Waals surface area contributed by atoms with Crippen LogP contribution in [0.5, 0.6) is 0 Å². The second-order valence-corrected chi connectivity index (χ2v) is 4.63. The van der Waals surface area contributed by atoms with Crippen LogP contribution in [0.4, 0.5) is 4.39 Å². The minimum absolute atomic E-state index is 0.285. The average Bonchev–Trinajstić information content (AvgIpc) is 2.27. The molecule has 0 aliphatic rings. The molecule has 0 heterocycles. The minimum Gasteiger partial charge on any atom is -0.301 e. The molecular formula is C12H15FN2S. The van der Waals surface area contributed by atoms with Crippen molar-refractivity contribution in [2.75, 3.05) is 25.6 Å². The quantitative estimate of drug-likeness (QED) is 0.788. The summed E-state index contributed by atoms with van der Waals surface area (Å²) >= 11 is 1.77. The Morgan fingerprint density at radius 2 is 2.25 bits per heavy atom. The third kappa shape index (κ3) is 3.84. The van der Waals surface area contributed by atoms with E-state index in [1.807, 2.05) is 7.05 Å². The Morgan fingerprint density at radius 1 is 1.50 bits per heavy atom. The molecule has 1 rings (SSSR count). The molecule has 0 atom stereocenters. The lowest BCUT2D eigenvalue weighted by molar-refractivity contribution is 0.348. The van der Waals surface area contributed by atoms with Crippen molar-refractivity contribution in [2.24, 2.45) is 0 Å². The van der Waals surface area contributed by atoms with Crippen molar-refractivity contribution >= 4 is 11.8 Å². The summed E-state index contributed by atoms with van der Waals surface area (Å²) in [6.45, 7) is 1.55. The molecule has 0 spiro atoms. The van der Waals surface area contributed by atoms with Gasteiger partial charge in [-0.2, -0.15) is 17.0 Å². The van der Waals surface area contributed by atoms with Crippen LogP contribution in [0, 0.1) is 17.1 Å². The highest BCUT2D eigenvalue weighted by Crippen LogP contribution is 2.12.